The molecule has 0 radical (unpaired) electrons. The number of methoxy groups -OCH3 is 1. The number of hydrogen-bond donors (Lipinski definition) is 3. The zero-order valence-electron chi connectivity index (χ0n) is 14.3. The van der Waals surface area contributed by atoms with E-state index < -0.39 is 0 Å². The molecule has 7 nitrogen and oxygen atoms in total. The Morgan fingerprint density at radius 2 is 2.24 bits per heavy atom. The number of rotatable bonds is 6. The van der Waals surface area contributed by atoms with Crippen LogP contribution in [0.2, 0.25) is 0 Å². The molecule has 1 aromatic carbocycles. The monoisotopic (exact) mass is 366 g/mol. The molecule has 136 valence electrons. The van der Waals surface area contributed by atoms with Gasteiger partial charge in [0.15, 0.2) is 0 Å². The lowest BCUT2D eigenvalue weighted by molar-refractivity contribution is -0.909. The summed E-state index contributed by atoms with van der Waals surface area (Å²) in [7, 11) is 1.64. The van der Waals surface area contributed by atoms with Crippen molar-refractivity contribution in [3.63, 3.8) is 0 Å². The van der Waals surface area contributed by atoms with Crippen LogP contribution in [0.3, 0.4) is 0 Å². The summed E-state index contributed by atoms with van der Waals surface area (Å²) in [6.45, 7) is 4.23. The van der Waals surface area contributed by atoms with Crippen LogP contribution < -0.4 is 15.5 Å². The van der Waals surface area contributed by atoms with Crippen LogP contribution in [-0.2, 0) is 14.3 Å². The fraction of sp³-hybridized carbons (Fsp3) is 0.529. The minimum Gasteiger partial charge on any atom is -0.385 e. The minimum atomic E-state index is -0.162. The Bertz CT molecular complexity index is 634. The topological polar surface area (TPSA) is 81.1 Å². The maximum absolute atomic E-state index is 12.5. The number of nitrogens with one attached hydrogen (secondary N) is 3. The lowest BCUT2D eigenvalue weighted by atomic mass is 10.1. The van der Waals surface area contributed by atoms with Crippen LogP contribution in [0.15, 0.2) is 23.1 Å². The van der Waals surface area contributed by atoms with E-state index in [1.54, 1.807) is 31.0 Å². The first-order chi connectivity index (χ1) is 12.2. The second kappa shape index (κ2) is 8.66. The molecule has 0 saturated carbocycles. The van der Waals surface area contributed by atoms with Gasteiger partial charge in [-0.1, -0.05) is 11.8 Å². The summed E-state index contributed by atoms with van der Waals surface area (Å²) in [6, 6.07) is 5.47. The zero-order valence-corrected chi connectivity index (χ0v) is 15.1. The predicted octanol–water partition coefficient (Wildman–Crippen LogP) is -0.262. The number of quaternary nitrogens is 1. The van der Waals surface area contributed by atoms with Crippen LogP contribution in [-0.4, -0.2) is 63.8 Å². The number of carbonyl (C=O) groups excluding carboxylic acids is 2. The molecule has 1 unspecified atom stereocenters. The molecule has 1 fully saturated rings. The molecule has 2 aliphatic heterocycles. The number of anilines is 1. The van der Waals surface area contributed by atoms with E-state index in [2.05, 4.69) is 10.6 Å². The molecule has 0 bridgehead atoms. The Labute approximate surface area is 151 Å². The van der Waals surface area contributed by atoms with Gasteiger partial charge in [0.05, 0.1) is 18.9 Å². The molecule has 8 heteroatoms. The fourth-order valence-corrected chi connectivity index (χ4v) is 4.14. The molecule has 3 rings (SSSR count). The molecular weight excluding hydrogens is 342 g/mol. The summed E-state index contributed by atoms with van der Waals surface area (Å²) in [5.74, 6) is -0.147. The summed E-state index contributed by atoms with van der Waals surface area (Å²) in [5.41, 5.74) is 1.26. The van der Waals surface area contributed by atoms with E-state index in [0.29, 0.717) is 37.6 Å². The predicted molar refractivity (Wildman–Crippen MR) is 95.1 cm³/mol. The van der Waals surface area contributed by atoms with Gasteiger partial charge in [0.1, 0.15) is 13.1 Å². The van der Waals surface area contributed by atoms with Crippen molar-refractivity contribution in [2.24, 2.45) is 0 Å². The minimum absolute atomic E-state index is 0.00736. The number of amides is 2. The maximum Gasteiger partial charge on any atom is 0.294 e. The fourth-order valence-electron chi connectivity index (χ4n) is 2.94. The van der Waals surface area contributed by atoms with Gasteiger partial charge in [0.25, 0.3) is 11.8 Å². The first-order valence-electron chi connectivity index (χ1n) is 8.50. The van der Waals surface area contributed by atoms with Crippen molar-refractivity contribution in [2.75, 3.05) is 51.9 Å². The van der Waals surface area contributed by atoms with Gasteiger partial charge in [-0.2, -0.15) is 0 Å². The SMILES string of the molecule is COCCCNC(=O)c1ccc2c(c1)NC(=O)C([NH+]1CCOCC1)S2. The van der Waals surface area contributed by atoms with Gasteiger partial charge in [0, 0.05) is 30.7 Å². The summed E-state index contributed by atoms with van der Waals surface area (Å²) in [4.78, 5) is 26.9. The van der Waals surface area contributed by atoms with E-state index in [4.69, 9.17) is 9.47 Å². The number of ether oxygens (including phenoxy) is 2. The third-order valence-electron chi connectivity index (χ3n) is 4.30. The first-order valence-corrected chi connectivity index (χ1v) is 9.38. The third-order valence-corrected chi connectivity index (χ3v) is 5.69. The Morgan fingerprint density at radius 1 is 1.44 bits per heavy atom. The molecule has 3 N–H and O–H groups in total. The Kier molecular flexibility index (Phi) is 6.30. The Balaban J connectivity index is 1.64. The molecule has 2 amide bonds. The molecule has 2 aliphatic rings. The molecule has 0 spiro atoms. The first kappa shape index (κ1) is 18.2. The quantitative estimate of drug-likeness (QED) is 0.605. The summed E-state index contributed by atoms with van der Waals surface area (Å²) in [6.07, 6.45) is 0.768. The van der Waals surface area contributed by atoms with Crippen LogP contribution in [0.5, 0.6) is 0 Å². The maximum atomic E-state index is 12.5. The second-order valence-corrected chi connectivity index (χ2v) is 7.22. The molecular formula is C17H24N3O4S+. The number of benzene rings is 1. The molecule has 1 aromatic rings. The van der Waals surface area contributed by atoms with Crippen LogP contribution in [0.1, 0.15) is 16.8 Å². The molecule has 1 saturated heterocycles. The lowest BCUT2D eigenvalue weighted by Gasteiger charge is -2.32. The van der Waals surface area contributed by atoms with Gasteiger partial charge in [-0.15, -0.1) is 0 Å². The molecule has 1 atom stereocenters. The van der Waals surface area contributed by atoms with Crippen LogP contribution >= 0.6 is 11.8 Å². The van der Waals surface area contributed by atoms with Crippen molar-refractivity contribution in [3.05, 3.63) is 23.8 Å². The standard InChI is InChI=1S/C17H23N3O4S/c1-23-8-2-5-18-15(21)12-3-4-14-13(11-12)19-16(22)17(25-14)20-6-9-24-10-7-20/h3-4,11,17H,2,5-10H2,1H3,(H,18,21)(H,19,22)/p+1. The van der Waals surface area contributed by atoms with E-state index in [1.807, 2.05) is 6.07 Å². The largest absolute Gasteiger partial charge is 0.385 e. The molecule has 0 aromatic heterocycles. The van der Waals surface area contributed by atoms with Crippen molar-refractivity contribution >= 4 is 29.3 Å². The molecule has 25 heavy (non-hydrogen) atoms. The zero-order chi connectivity index (χ0) is 17.6. The van der Waals surface area contributed by atoms with Crippen molar-refractivity contribution < 1.29 is 24.0 Å². The lowest BCUT2D eigenvalue weighted by Crippen LogP contribution is -3.18. The highest BCUT2D eigenvalue weighted by molar-refractivity contribution is 8.00. The van der Waals surface area contributed by atoms with E-state index in [1.165, 1.54) is 4.90 Å². The van der Waals surface area contributed by atoms with Gasteiger partial charge in [-0.25, -0.2) is 0 Å². The van der Waals surface area contributed by atoms with E-state index in [-0.39, 0.29) is 17.2 Å². The number of fused-ring (bicyclic) bond motifs is 1. The summed E-state index contributed by atoms with van der Waals surface area (Å²) in [5, 5.41) is 5.65. The number of carbonyl (C=O) groups is 2. The normalized spacial score (nSPS) is 20.7. The molecule has 0 aliphatic carbocycles. The Morgan fingerprint density at radius 3 is 3.00 bits per heavy atom. The van der Waals surface area contributed by atoms with Gasteiger partial charge >= 0.3 is 0 Å². The van der Waals surface area contributed by atoms with Crippen LogP contribution in [0.4, 0.5) is 5.69 Å². The van der Waals surface area contributed by atoms with Gasteiger partial charge < -0.3 is 25.0 Å². The van der Waals surface area contributed by atoms with Gasteiger partial charge in [-0.3, -0.25) is 9.59 Å². The number of hydrogen-bond acceptors (Lipinski definition) is 5. The van der Waals surface area contributed by atoms with Crippen LogP contribution in [0.25, 0.3) is 0 Å². The molecule has 2 heterocycles. The average Bonchev–Trinajstić information content (AvgIpc) is 2.64. The highest BCUT2D eigenvalue weighted by Gasteiger charge is 2.36. The van der Waals surface area contributed by atoms with Crippen molar-refractivity contribution in [1.82, 2.24) is 5.32 Å². The van der Waals surface area contributed by atoms with E-state index >= 15 is 0 Å². The third kappa shape index (κ3) is 4.52. The number of morpholine rings is 1. The van der Waals surface area contributed by atoms with E-state index in [0.717, 1.165) is 24.4 Å². The average molecular weight is 366 g/mol. The van der Waals surface area contributed by atoms with Gasteiger partial charge in [-0.05, 0) is 24.6 Å². The van der Waals surface area contributed by atoms with Crippen molar-refractivity contribution in [2.45, 2.75) is 16.7 Å². The highest BCUT2D eigenvalue weighted by atomic mass is 32.2. The van der Waals surface area contributed by atoms with E-state index in [9.17, 15) is 9.59 Å². The van der Waals surface area contributed by atoms with Gasteiger partial charge in [0.2, 0.25) is 5.37 Å². The second-order valence-electron chi connectivity index (χ2n) is 6.07. The van der Waals surface area contributed by atoms with Crippen molar-refractivity contribution in [1.29, 1.82) is 0 Å². The summed E-state index contributed by atoms with van der Waals surface area (Å²) >= 11 is 1.56. The van der Waals surface area contributed by atoms with Crippen LogP contribution in [0, 0.1) is 0 Å². The number of thioether (sulfide) groups is 1. The smallest absolute Gasteiger partial charge is 0.294 e. The Hall–Kier alpha value is -1.61. The van der Waals surface area contributed by atoms with Crippen molar-refractivity contribution in [3.8, 4) is 0 Å². The highest BCUT2D eigenvalue weighted by Crippen LogP contribution is 2.34. The summed E-state index contributed by atoms with van der Waals surface area (Å²) < 4.78 is 10.3.